The number of amides is 1. The molecule has 1 saturated heterocycles. The van der Waals surface area contributed by atoms with Gasteiger partial charge in [-0.1, -0.05) is 5.16 Å². The second-order valence-electron chi connectivity index (χ2n) is 4.45. The third-order valence-corrected chi connectivity index (χ3v) is 4.15. The first-order valence-corrected chi connectivity index (χ1v) is 7.91. The molecule has 0 N–H and O–H groups in total. The van der Waals surface area contributed by atoms with Crippen molar-refractivity contribution in [2.45, 2.75) is 20.3 Å². The number of rotatable bonds is 3. The summed E-state index contributed by atoms with van der Waals surface area (Å²) in [5, 5.41) is 3.78. The summed E-state index contributed by atoms with van der Waals surface area (Å²) in [5.41, 5.74) is 1.25. The van der Waals surface area contributed by atoms with Crippen molar-refractivity contribution in [1.29, 1.82) is 0 Å². The lowest BCUT2D eigenvalue weighted by molar-refractivity contribution is -0.117. The van der Waals surface area contributed by atoms with E-state index in [1.807, 2.05) is 0 Å². The van der Waals surface area contributed by atoms with Gasteiger partial charge in [0, 0.05) is 29.6 Å². The highest BCUT2D eigenvalue weighted by Gasteiger charge is 2.35. The molecule has 1 aliphatic heterocycles. The third-order valence-electron chi connectivity index (χ3n) is 2.91. The zero-order valence-electron chi connectivity index (χ0n) is 10.0. The van der Waals surface area contributed by atoms with Gasteiger partial charge in [0.05, 0.1) is 5.75 Å². The molecule has 1 fully saturated rings. The van der Waals surface area contributed by atoms with Gasteiger partial charge in [-0.3, -0.25) is 4.79 Å². The van der Waals surface area contributed by atoms with Crippen LogP contribution in [-0.4, -0.2) is 31.8 Å². The summed E-state index contributed by atoms with van der Waals surface area (Å²) in [7, 11) is 1.62. The van der Waals surface area contributed by atoms with Crippen molar-refractivity contribution in [3.63, 3.8) is 0 Å². The summed E-state index contributed by atoms with van der Waals surface area (Å²) < 4.78 is 27.1. The summed E-state index contributed by atoms with van der Waals surface area (Å²) in [4.78, 5) is 13.4. The van der Waals surface area contributed by atoms with Crippen molar-refractivity contribution in [2.24, 2.45) is 5.92 Å². The zero-order chi connectivity index (χ0) is 13.5. The van der Waals surface area contributed by atoms with Gasteiger partial charge in [0.25, 0.3) is 0 Å². The van der Waals surface area contributed by atoms with Gasteiger partial charge in [0.15, 0.2) is 5.76 Å². The quantitative estimate of drug-likeness (QED) is 0.782. The Labute approximate surface area is 109 Å². The number of nitrogens with zero attached hydrogens (tertiary/aromatic N) is 2. The lowest BCUT2D eigenvalue weighted by Gasteiger charge is -2.15. The fourth-order valence-electron chi connectivity index (χ4n) is 2.25. The summed E-state index contributed by atoms with van der Waals surface area (Å²) in [6.07, 6.45) is 0.177. The van der Waals surface area contributed by atoms with Crippen molar-refractivity contribution in [2.75, 3.05) is 17.2 Å². The van der Waals surface area contributed by atoms with E-state index in [0.717, 1.165) is 0 Å². The highest BCUT2D eigenvalue weighted by Crippen LogP contribution is 2.31. The fourth-order valence-corrected chi connectivity index (χ4v) is 3.58. The van der Waals surface area contributed by atoms with Gasteiger partial charge in [-0.15, -0.1) is 0 Å². The average Bonchev–Trinajstić information content (AvgIpc) is 2.68. The maximum atomic E-state index is 11.9. The van der Waals surface area contributed by atoms with Crippen molar-refractivity contribution in [1.82, 2.24) is 5.16 Å². The van der Waals surface area contributed by atoms with Gasteiger partial charge in [-0.25, -0.2) is 8.42 Å². The van der Waals surface area contributed by atoms with E-state index in [1.165, 1.54) is 4.90 Å². The molecule has 1 amide bonds. The number of aryl methyl sites for hydroxylation is 2. The molecule has 0 radical (unpaired) electrons. The minimum atomic E-state index is -3.59. The lowest BCUT2D eigenvalue weighted by atomic mass is 10.1. The molecule has 2 rings (SSSR count). The zero-order valence-corrected chi connectivity index (χ0v) is 11.6. The van der Waals surface area contributed by atoms with E-state index in [-0.39, 0.29) is 24.0 Å². The maximum Gasteiger partial charge on any atom is 0.232 e. The van der Waals surface area contributed by atoms with Gasteiger partial charge in [-0.05, 0) is 13.8 Å². The molecule has 100 valence electrons. The number of carbonyl (C=O) groups excluding carboxylic acids is 1. The molecular weight excluding hydrogens is 280 g/mol. The predicted molar refractivity (Wildman–Crippen MR) is 66.1 cm³/mol. The molecule has 8 heteroatoms. The second kappa shape index (κ2) is 4.55. The number of halogens is 1. The van der Waals surface area contributed by atoms with E-state index >= 15 is 0 Å². The molecule has 0 aliphatic carbocycles. The molecular formula is C10H13ClN2O4S. The van der Waals surface area contributed by atoms with Crippen LogP contribution >= 0.6 is 10.7 Å². The van der Waals surface area contributed by atoms with Gasteiger partial charge in [0.2, 0.25) is 15.0 Å². The van der Waals surface area contributed by atoms with Crippen LogP contribution in [0.1, 0.15) is 17.9 Å². The van der Waals surface area contributed by atoms with Gasteiger partial charge >= 0.3 is 0 Å². The Morgan fingerprint density at radius 1 is 1.50 bits per heavy atom. The topological polar surface area (TPSA) is 80.5 Å². The first kappa shape index (κ1) is 13.4. The molecule has 0 saturated carbocycles. The Balaban J connectivity index is 2.20. The van der Waals surface area contributed by atoms with Crippen LogP contribution in [0.3, 0.4) is 0 Å². The molecule has 18 heavy (non-hydrogen) atoms. The summed E-state index contributed by atoms with van der Waals surface area (Å²) in [5.74, 6) is -0.0566. The summed E-state index contributed by atoms with van der Waals surface area (Å²) in [6.45, 7) is 3.78. The van der Waals surface area contributed by atoms with E-state index in [4.69, 9.17) is 15.2 Å². The van der Waals surface area contributed by atoms with E-state index in [2.05, 4.69) is 5.16 Å². The molecule has 1 unspecified atom stereocenters. The van der Waals surface area contributed by atoms with Crippen LogP contribution < -0.4 is 4.90 Å². The Morgan fingerprint density at radius 3 is 2.67 bits per heavy atom. The van der Waals surface area contributed by atoms with Crippen LogP contribution in [0.4, 0.5) is 5.69 Å². The largest absolute Gasteiger partial charge is 0.359 e. The van der Waals surface area contributed by atoms with E-state index in [1.54, 1.807) is 13.8 Å². The Hall–Kier alpha value is -1.08. The minimum Gasteiger partial charge on any atom is -0.359 e. The van der Waals surface area contributed by atoms with Crippen LogP contribution in [0.2, 0.25) is 0 Å². The normalized spacial score (nSPS) is 20.7. The molecule has 0 bridgehead atoms. The Morgan fingerprint density at radius 2 is 2.17 bits per heavy atom. The van der Waals surface area contributed by atoms with Gasteiger partial charge in [0.1, 0.15) is 11.4 Å². The van der Waals surface area contributed by atoms with E-state index in [0.29, 0.717) is 23.7 Å². The van der Waals surface area contributed by atoms with Crippen LogP contribution in [0.25, 0.3) is 0 Å². The molecule has 1 aliphatic rings. The van der Waals surface area contributed by atoms with Crippen molar-refractivity contribution in [3.05, 3.63) is 11.5 Å². The standard InChI is InChI=1S/C10H13ClN2O4S/c1-6-10(7(2)17-12-6)13-4-8(3-9(13)14)5-18(11,15)16/h8H,3-5H2,1-2H3. The van der Waals surface area contributed by atoms with E-state index < -0.39 is 9.05 Å². The predicted octanol–water partition coefficient (Wildman–Crippen LogP) is 1.21. The van der Waals surface area contributed by atoms with Crippen molar-refractivity contribution < 1.29 is 17.7 Å². The Kier molecular flexibility index (Phi) is 3.37. The SMILES string of the molecule is Cc1noc(C)c1N1CC(CS(=O)(=O)Cl)CC1=O. The molecule has 0 aromatic carbocycles. The van der Waals surface area contributed by atoms with Crippen LogP contribution in [0, 0.1) is 19.8 Å². The van der Waals surface area contributed by atoms with E-state index in [9.17, 15) is 13.2 Å². The number of aromatic nitrogens is 1. The first-order chi connectivity index (χ1) is 8.28. The third kappa shape index (κ3) is 2.67. The second-order valence-corrected chi connectivity index (χ2v) is 7.27. The van der Waals surface area contributed by atoms with Crippen molar-refractivity contribution in [3.8, 4) is 0 Å². The van der Waals surface area contributed by atoms with Crippen LogP contribution in [0.15, 0.2) is 4.52 Å². The van der Waals surface area contributed by atoms with Gasteiger partial charge in [-0.2, -0.15) is 0 Å². The Bertz CT molecular complexity index is 561. The molecule has 0 spiro atoms. The fraction of sp³-hybridized carbons (Fsp3) is 0.600. The molecule has 1 aromatic heterocycles. The minimum absolute atomic E-state index is 0.130. The average molecular weight is 293 g/mol. The van der Waals surface area contributed by atoms with Crippen molar-refractivity contribution >= 4 is 31.3 Å². The number of carbonyl (C=O) groups is 1. The van der Waals surface area contributed by atoms with Crippen LogP contribution in [0.5, 0.6) is 0 Å². The maximum absolute atomic E-state index is 11.9. The molecule has 1 atom stereocenters. The smallest absolute Gasteiger partial charge is 0.232 e. The highest BCUT2D eigenvalue weighted by molar-refractivity contribution is 8.13. The number of hydrogen-bond donors (Lipinski definition) is 0. The summed E-state index contributed by atoms with van der Waals surface area (Å²) in [6, 6.07) is 0. The first-order valence-electron chi connectivity index (χ1n) is 5.43. The molecule has 2 heterocycles. The summed E-state index contributed by atoms with van der Waals surface area (Å²) >= 11 is 0. The van der Waals surface area contributed by atoms with Crippen LogP contribution in [-0.2, 0) is 13.8 Å². The number of hydrogen-bond acceptors (Lipinski definition) is 5. The molecule has 6 nitrogen and oxygen atoms in total. The highest BCUT2D eigenvalue weighted by atomic mass is 35.7. The van der Waals surface area contributed by atoms with Gasteiger partial charge < -0.3 is 9.42 Å². The molecule has 1 aromatic rings. The number of anilines is 1. The lowest BCUT2D eigenvalue weighted by Crippen LogP contribution is -2.26. The monoisotopic (exact) mass is 292 g/mol.